The molecule has 216 valence electrons. The number of amides is 2. The van der Waals surface area contributed by atoms with Crippen LogP contribution in [-0.4, -0.2) is 55.4 Å². The molecule has 3 N–H and O–H groups in total. The third kappa shape index (κ3) is 5.34. The quantitative estimate of drug-likeness (QED) is 0.413. The molecule has 1 heterocycles. The summed E-state index contributed by atoms with van der Waals surface area (Å²) in [6.07, 6.45) is 2.37. The molecule has 1 saturated heterocycles. The van der Waals surface area contributed by atoms with E-state index in [-0.39, 0.29) is 58.3 Å². The predicted octanol–water partition coefficient (Wildman–Crippen LogP) is 4.00. The number of sulfone groups is 1. The molecule has 13 heteroatoms. The number of nitrogens with one attached hydrogen (secondary N) is 2. The molecule has 2 amide bonds. The van der Waals surface area contributed by atoms with Gasteiger partial charge in [-0.05, 0) is 68.6 Å². The fourth-order valence-corrected chi connectivity index (χ4v) is 8.55. The summed E-state index contributed by atoms with van der Waals surface area (Å²) in [5.74, 6) is -6.57. The van der Waals surface area contributed by atoms with Gasteiger partial charge in [-0.15, -0.1) is 0 Å². The fourth-order valence-electron chi connectivity index (χ4n) is 6.15. The number of carbonyl (C=O) groups is 2. The minimum Gasteiger partial charge on any atom is -0.387 e. The number of hydrogen-bond acceptors (Lipinski definition) is 6. The van der Waals surface area contributed by atoms with Crippen LogP contribution in [0.5, 0.6) is 0 Å². The van der Waals surface area contributed by atoms with Gasteiger partial charge in [0.25, 0.3) is 5.91 Å². The lowest BCUT2D eigenvalue weighted by molar-refractivity contribution is -0.133. The molecule has 8 nitrogen and oxygen atoms in total. The summed E-state index contributed by atoms with van der Waals surface area (Å²) in [6.45, 7) is 0.524. The fraction of sp³-hybridized carbons (Fsp3) is 0.481. The van der Waals surface area contributed by atoms with Gasteiger partial charge in [-0.3, -0.25) is 9.59 Å². The molecule has 2 aliphatic carbocycles. The van der Waals surface area contributed by atoms with Gasteiger partial charge in [0.2, 0.25) is 5.91 Å². The van der Waals surface area contributed by atoms with E-state index in [0.29, 0.717) is 38.0 Å². The van der Waals surface area contributed by atoms with Crippen molar-refractivity contribution < 1.29 is 41.0 Å². The highest BCUT2D eigenvalue weighted by Crippen LogP contribution is 2.52. The molecular formula is C27H28ClF3N2O6S. The standard InChI is InChI=1S/C27H28ClF3N2O6S/c28-19-6-3-14(25(34)33-17-11-20(29)24(31)21(30)12-17)8-23(19)40(37,38)18-9-15-4-5-16(10-18)27(15,36)13-32-26(35)22-2-1-7-39-22/h3,6,8,11-12,15-16,18,22,36H,1-2,4-5,7,9-10,13H2,(H,32,35)(H,33,34)/t15-,16?,18-,22-,27-/m0/s1. The van der Waals surface area contributed by atoms with Gasteiger partial charge < -0.3 is 20.5 Å². The Balaban J connectivity index is 1.31. The van der Waals surface area contributed by atoms with E-state index in [1.165, 1.54) is 12.1 Å². The highest BCUT2D eigenvalue weighted by atomic mass is 35.5. The van der Waals surface area contributed by atoms with Crippen LogP contribution in [0.4, 0.5) is 18.9 Å². The second-order valence-corrected chi connectivity index (χ2v) is 13.3. The number of fused-ring (bicyclic) bond motifs is 2. The van der Waals surface area contributed by atoms with Gasteiger partial charge >= 0.3 is 0 Å². The average molecular weight is 601 g/mol. The van der Waals surface area contributed by atoms with Gasteiger partial charge in [-0.2, -0.15) is 0 Å². The molecule has 2 saturated carbocycles. The van der Waals surface area contributed by atoms with Crippen molar-refractivity contribution >= 4 is 38.9 Å². The molecule has 0 spiro atoms. The maximum absolute atomic E-state index is 13.7. The first-order valence-corrected chi connectivity index (χ1v) is 14.9. The van der Waals surface area contributed by atoms with Crippen LogP contribution >= 0.6 is 11.6 Å². The van der Waals surface area contributed by atoms with Gasteiger partial charge in [0, 0.05) is 36.5 Å². The summed E-state index contributed by atoms with van der Waals surface area (Å²) in [5, 5.41) is 15.5. The summed E-state index contributed by atoms with van der Waals surface area (Å²) in [6, 6.07) is 4.79. The minimum absolute atomic E-state index is 0.00871. The number of halogens is 4. The number of benzene rings is 2. The zero-order chi connectivity index (χ0) is 28.8. The van der Waals surface area contributed by atoms with Crippen LogP contribution in [-0.2, 0) is 19.4 Å². The van der Waals surface area contributed by atoms with Crippen molar-refractivity contribution in [3.8, 4) is 0 Å². The Bertz CT molecular complexity index is 1410. The van der Waals surface area contributed by atoms with Crippen molar-refractivity contribution in [1.29, 1.82) is 0 Å². The molecule has 3 aliphatic rings. The van der Waals surface area contributed by atoms with Crippen molar-refractivity contribution in [2.75, 3.05) is 18.5 Å². The summed E-state index contributed by atoms with van der Waals surface area (Å²) >= 11 is 6.25. The molecule has 3 fully saturated rings. The SMILES string of the molecule is O=C(Nc1cc(F)c(F)c(F)c1)c1ccc(Cl)c(S(=O)(=O)[C@@H]2CC3CC[C@@H](C2)[C@@]3(O)CNC(=O)[C@@H]2CCCO2)c1. The van der Waals surface area contributed by atoms with E-state index in [9.17, 15) is 36.3 Å². The molecule has 1 aliphatic heterocycles. The van der Waals surface area contributed by atoms with E-state index in [1.807, 2.05) is 0 Å². The Morgan fingerprint density at radius 2 is 1.70 bits per heavy atom. The number of rotatable bonds is 7. The maximum Gasteiger partial charge on any atom is 0.255 e. The Hall–Kier alpha value is -2.67. The van der Waals surface area contributed by atoms with Crippen LogP contribution < -0.4 is 10.6 Å². The van der Waals surface area contributed by atoms with Crippen molar-refractivity contribution in [3.05, 3.63) is 58.4 Å². The van der Waals surface area contributed by atoms with Gasteiger partial charge in [-0.25, -0.2) is 21.6 Å². The lowest BCUT2D eigenvalue weighted by Crippen LogP contribution is -2.55. The summed E-state index contributed by atoms with van der Waals surface area (Å²) in [7, 11) is -4.06. The Morgan fingerprint density at radius 3 is 2.30 bits per heavy atom. The first-order chi connectivity index (χ1) is 18.9. The second-order valence-electron chi connectivity index (χ2n) is 10.7. The van der Waals surface area contributed by atoms with Crippen molar-refractivity contribution in [3.63, 3.8) is 0 Å². The van der Waals surface area contributed by atoms with Crippen molar-refractivity contribution in [2.24, 2.45) is 11.8 Å². The predicted molar refractivity (Wildman–Crippen MR) is 139 cm³/mol. The molecule has 0 aromatic heterocycles. The number of anilines is 1. The molecule has 40 heavy (non-hydrogen) atoms. The highest BCUT2D eigenvalue weighted by molar-refractivity contribution is 7.92. The second kappa shape index (κ2) is 11.0. The summed E-state index contributed by atoms with van der Waals surface area (Å²) < 4.78 is 73.2. The normalized spacial score (nSPS) is 27.9. The van der Waals surface area contributed by atoms with Gasteiger partial charge in [0.1, 0.15) is 6.10 Å². The number of aliphatic hydroxyl groups is 1. The van der Waals surface area contributed by atoms with E-state index in [2.05, 4.69) is 10.6 Å². The number of hydrogen-bond donors (Lipinski definition) is 3. The van der Waals surface area contributed by atoms with E-state index >= 15 is 0 Å². The lowest BCUT2D eigenvalue weighted by Gasteiger charge is -2.42. The third-order valence-electron chi connectivity index (χ3n) is 8.32. The maximum atomic E-state index is 13.7. The molecule has 2 bridgehead atoms. The molecule has 5 rings (SSSR count). The molecular weight excluding hydrogens is 573 g/mol. The van der Waals surface area contributed by atoms with Crippen LogP contribution in [0.2, 0.25) is 5.02 Å². The van der Waals surface area contributed by atoms with Crippen LogP contribution in [0.3, 0.4) is 0 Å². The van der Waals surface area contributed by atoms with Crippen LogP contribution in [0.25, 0.3) is 0 Å². The summed E-state index contributed by atoms with van der Waals surface area (Å²) in [5.41, 5.74) is -1.73. The first-order valence-electron chi connectivity index (χ1n) is 13.0. The van der Waals surface area contributed by atoms with Crippen molar-refractivity contribution in [2.45, 2.75) is 60.4 Å². The van der Waals surface area contributed by atoms with E-state index in [0.717, 1.165) is 12.5 Å². The molecule has 0 radical (unpaired) electrons. The summed E-state index contributed by atoms with van der Waals surface area (Å²) in [4.78, 5) is 24.9. The van der Waals surface area contributed by atoms with Crippen molar-refractivity contribution in [1.82, 2.24) is 5.32 Å². The smallest absolute Gasteiger partial charge is 0.255 e. The van der Waals surface area contributed by atoms with E-state index < -0.39 is 50.2 Å². The van der Waals surface area contributed by atoms with E-state index in [4.69, 9.17) is 16.3 Å². The third-order valence-corrected chi connectivity index (χ3v) is 11.0. The van der Waals surface area contributed by atoms with E-state index in [1.54, 1.807) is 0 Å². The first kappa shape index (κ1) is 28.8. The Kier molecular flexibility index (Phi) is 7.90. The topological polar surface area (TPSA) is 122 Å². The Morgan fingerprint density at radius 1 is 1.05 bits per heavy atom. The monoisotopic (exact) mass is 600 g/mol. The lowest BCUT2D eigenvalue weighted by atomic mass is 9.74. The van der Waals surface area contributed by atoms with Gasteiger partial charge in [-0.1, -0.05) is 11.6 Å². The molecule has 1 unspecified atom stereocenters. The van der Waals surface area contributed by atoms with Crippen LogP contribution in [0.15, 0.2) is 35.2 Å². The number of ether oxygens (including phenoxy) is 1. The van der Waals surface area contributed by atoms with Crippen LogP contribution in [0, 0.1) is 29.3 Å². The Labute approximate surface area is 234 Å². The molecule has 5 atom stereocenters. The highest BCUT2D eigenvalue weighted by Gasteiger charge is 2.55. The largest absolute Gasteiger partial charge is 0.387 e. The van der Waals surface area contributed by atoms with Crippen LogP contribution in [0.1, 0.15) is 48.9 Å². The molecule has 2 aromatic rings. The zero-order valence-electron chi connectivity index (χ0n) is 21.3. The zero-order valence-corrected chi connectivity index (χ0v) is 22.8. The van der Waals surface area contributed by atoms with Gasteiger partial charge in [0.05, 0.1) is 20.8 Å². The number of carbonyl (C=O) groups excluding carboxylic acids is 2. The average Bonchev–Trinajstić information content (AvgIpc) is 3.48. The van der Waals surface area contributed by atoms with Gasteiger partial charge in [0.15, 0.2) is 27.3 Å². The minimum atomic E-state index is -4.06. The molecule has 2 aromatic carbocycles.